The number of nitrogens with one attached hydrogen (secondary N) is 1. The van der Waals surface area contributed by atoms with Gasteiger partial charge in [0.05, 0.1) is 16.9 Å². The molecule has 2 bridgehead atoms. The first-order valence-electron chi connectivity index (χ1n) is 11.4. The summed E-state index contributed by atoms with van der Waals surface area (Å²) < 4.78 is 13.7. The summed E-state index contributed by atoms with van der Waals surface area (Å²) in [6.07, 6.45) is 0.721. The van der Waals surface area contributed by atoms with Gasteiger partial charge in [0, 0.05) is 16.0 Å². The van der Waals surface area contributed by atoms with Crippen molar-refractivity contribution in [3.8, 4) is 0 Å². The molecule has 7 nitrogen and oxygen atoms in total. The van der Waals surface area contributed by atoms with Gasteiger partial charge in [-0.1, -0.05) is 37.3 Å². The quantitative estimate of drug-likeness (QED) is 0.622. The molecule has 178 valence electrons. The van der Waals surface area contributed by atoms with Gasteiger partial charge < -0.3 is 10.1 Å². The van der Waals surface area contributed by atoms with Crippen LogP contribution in [0.2, 0.25) is 0 Å². The fourth-order valence-electron chi connectivity index (χ4n) is 7.05. The molecule has 3 fully saturated rings. The fourth-order valence-corrected chi connectivity index (χ4v) is 9.94. The van der Waals surface area contributed by atoms with E-state index in [1.54, 1.807) is 37.7 Å². The van der Waals surface area contributed by atoms with Crippen LogP contribution in [0.15, 0.2) is 34.1 Å². The van der Waals surface area contributed by atoms with Gasteiger partial charge in [-0.25, -0.2) is 9.18 Å². The number of aromatic amines is 1. The lowest BCUT2D eigenvalue weighted by molar-refractivity contribution is -0.157. The number of halogens is 1. The molecule has 1 saturated heterocycles. The average molecular weight is 503 g/mol. The number of thioether (sulfide) groups is 1. The van der Waals surface area contributed by atoms with E-state index in [1.165, 1.54) is 12.1 Å². The summed E-state index contributed by atoms with van der Waals surface area (Å²) in [6, 6.07) is 5.10. The number of rotatable bonds is 4. The third-order valence-electron chi connectivity index (χ3n) is 8.15. The van der Waals surface area contributed by atoms with Gasteiger partial charge in [-0.05, 0) is 47.8 Å². The van der Waals surface area contributed by atoms with E-state index in [0.717, 1.165) is 38.1 Å². The maximum absolute atomic E-state index is 13.7. The van der Waals surface area contributed by atoms with Gasteiger partial charge in [0.25, 0.3) is 0 Å². The van der Waals surface area contributed by atoms with Crippen LogP contribution in [0.5, 0.6) is 0 Å². The minimum absolute atomic E-state index is 0.000288. The number of aliphatic carboxylic acids is 1. The van der Waals surface area contributed by atoms with Crippen LogP contribution in [0, 0.1) is 41.3 Å². The molecule has 1 aromatic carbocycles. The number of fused-ring (bicyclic) bond motifs is 9. The topological polar surface area (TPSA) is 108 Å². The summed E-state index contributed by atoms with van der Waals surface area (Å²) in [7, 11) is 0. The number of hydrogen-bond acceptors (Lipinski definition) is 6. The molecule has 2 aliphatic carbocycles. The summed E-state index contributed by atoms with van der Waals surface area (Å²) >= 11 is 2.72. The number of amides is 2. The molecule has 2 amide bonds. The Morgan fingerprint density at radius 3 is 2.38 bits per heavy atom. The van der Waals surface area contributed by atoms with Crippen LogP contribution >= 0.6 is 23.1 Å². The molecule has 34 heavy (non-hydrogen) atoms. The largest absolute Gasteiger partial charge is 0.480 e. The summed E-state index contributed by atoms with van der Waals surface area (Å²) in [5.74, 6) is -4.08. The highest BCUT2D eigenvalue weighted by Crippen LogP contribution is 2.68. The number of nitrogens with zero attached hydrogens (tertiary/aromatic N) is 1. The van der Waals surface area contributed by atoms with Crippen molar-refractivity contribution in [2.75, 3.05) is 0 Å². The van der Waals surface area contributed by atoms with Crippen molar-refractivity contribution < 1.29 is 23.9 Å². The highest BCUT2D eigenvalue weighted by atomic mass is 32.2. The number of benzene rings is 1. The maximum atomic E-state index is 13.7. The van der Waals surface area contributed by atoms with Crippen LogP contribution in [-0.2, 0) is 14.4 Å². The second-order valence-electron chi connectivity index (χ2n) is 10.1. The van der Waals surface area contributed by atoms with Crippen LogP contribution in [0.4, 0.5) is 4.39 Å². The van der Waals surface area contributed by atoms with Gasteiger partial charge in [-0.15, -0.1) is 11.8 Å². The summed E-state index contributed by atoms with van der Waals surface area (Å²) in [5.41, 5.74) is 0.886. The number of carbonyl (C=O) groups is 3. The van der Waals surface area contributed by atoms with Crippen molar-refractivity contribution in [2.24, 2.45) is 35.5 Å². The molecule has 0 unspecified atom stereocenters. The van der Waals surface area contributed by atoms with Crippen LogP contribution in [0.3, 0.4) is 0 Å². The Kier molecular flexibility index (Phi) is 4.87. The number of carboxylic acid groups (broad SMARTS) is 1. The van der Waals surface area contributed by atoms with E-state index in [9.17, 15) is 28.7 Å². The lowest BCUT2D eigenvalue weighted by Gasteiger charge is -2.43. The number of aromatic nitrogens is 1. The Balaban J connectivity index is 1.44. The SMILES string of the molecule is CC(C)[C@H](C(=O)O)N1C(=O)[C@@H]2[C@H]3C[C@@H]([C@@H]2C1=O)[C@@H]1[C@@H](c2ccc(F)cc2)c2sc(=O)[nH]c2S[C@H]31. The third kappa shape index (κ3) is 2.87. The molecule has 4 aliphatic rings. The van der Waals surface area contributed by atoms with Gasteiger partial charge in [-0.3, -0.25) is 19.3 Å². The number of hydrogen-bond donors (Lipinski definition) is 2. The number of carboxylic acids is 1. The van der Waals surface area contributed by atoms with Crippen molar-refractivity contribution >= 4 is 40.9 Å². The number of carbonyl (C=O) groups excluding carboxylic acids is 2. The second-order valence-corrected chi connectivity index (χ2v) is 12.3. The summed E-state index contributed by atoms with van der Waals surface area (Å²) in [4.78, 5) is 56.0. The van der Waals surface area contributed by atoms with E-state index < -0.39 is 29.8 Å². The van der Waals surface area contributed by atoms with Crippen LogP contribution < -0.4 is 4.87 Å². The standard InChI is InChI=1S/C24H23FN2O5S2/c1-8(2)17(23(30)31)27-21(28)15-11-7-12(16(15)22(27)29)18-14(11)13(9-3-5-10(25)6-4-9)19-20(33-18)26-24(32)34-19/h3-6,8,11-18H,7H2,1-2H3,(H,26,32)(H,30,31)/t11-,12-,13-,14-,15+,16-,17-,18-/m1/s1. The Hall–Kier alpha value is -2.46. The Morgan fingerprint density at radius 1 is 1.12 bits per heavy atom. The zero-order chi connectivity index (χ0) is 24.0. The van der Waals surface area contributed by atoms with Crippen LogP contribution in [-0.4, -0.2) is 44.1 Å². The van der Waals surface area contributed by atoms with E-state index in [1.807, 2.05) is 0 Å². The lowest BCUT2D eigenvalue weighted by atomic mass is 9.68. The Bertz CT molecular complexity index is 1270. The molecule has 10 heteroatoms. The molecule has 2 aromatic rings. The molecule has 6 rings (SSSR count). The second kappa shape index (κ2) is 7.52. The van der Waals surface area contributed by atoms with E-state index in [0.29, 0.717) is 0 Å². The maximum Gasteiger partial charge on any atom is 0.327 e. The predicted octanol–water partition coefficient (Wildman–Crippen LogP) is 3.16. The van der Waals surface area contributed by atoms with Crippen LogP contribution in [0.1, 0.15) is 36.6 Å². The molecule has 8 atom stereocenters. The monoisotopic (exact) mass is 502 g/mol. The van der Waals surface area contributed by atoms with Gasteiger partial charge in [0.2, 0.25) is 11.8 Å². The molecule has 2 saturated carbocycles. The van der Waals surface area contributed by atoms with Crippen molar-refractivity contribution in [3.05, 3.63) is 50.2 Å². The molecular weight excluding hydrogens is 479 g/mol. The highest BCUT2D eigenvalue weighted by molar-refractivity contribution is 8.00. The third-order valence-corrected chi connectivity index (χ3v) is 10.7. The van der Waals surface area contributed by atoms with E-state index in [-0.39, 0.29) is 51.4 Å². The highest BCUT2D eigenvalue weighted by Gasteiger charge is 2.70. The summed E-state index contributed by atoms with van der Waals surface area (Å²) in [5, 5.41) is 10.6. The Labute approximate surface area is 202 Å². The van der Waals surface area contributed by atoms with Crippen molar-refractivity contribution in [3.63, 3.8) is 0 Å². The van der Waals surface area contributed by atoms with Gasteiger partial charge in [0.1, 0.15) is 11.9 Å². The summed E-state index contributed by atoms with van der Waals surface area (Å²) in [6.45, 7) is 3.41. The van der Waals surface area contributed by atoms with Crippen molar-refractivity contribution in [1.29, 1.82) is 0 Å². The normalized spacial score (nSPS) is 34.4. The average Bonchev–Trinajstić information content (AvgIpc) is 3.49. The first kappa shape index (κ1) is 22.0. The van der Waals surface area contributed by atoms with Gasteiger partial charge >= 0.3 is 10.8 Å². The Morgan fingerprint density at radius 2 is 1.76 bits per heavy atom. The zero-order valence-electron chi connectivity index (χ0n) is 18.4. The molecule has 1 aromatic heterocycles. The van der Waals surface area contributed by atoms with Crippen LogP contribution in [0.25, 0.3) is 0 Å². The molecule has 0 spiro atoms. The minimum atomic E-state index is -1.18. The van der Waals surface area contributed by atoms with Crippen molar-refractivity contribution in [2.45, 2.75) is 42.5 Å². The lowest BCUT2D eigenvalue weighted by Crippen LogP contribution is -2.49. The molecule has 2 aliphatic heterocycles. The molecule has 2 N–H and O–H groups in total. The van der Waals surface area contributed by atoms with Gasteiger partial charge in [-0.2, -0.15) is 0 Å². The number of thiazole rings is 1. The van der Waals surface area contributed by atoms with Gasteiger partial charge in [0.15, 0.2) is 0 Å². The van der Waals surface area contributed by atoms with Crippen molar-refractivity contribution in [1.82, 2.24) is 9.88 Å². The first-order chi connectivity index (χ1) is 16.2. The molecule has 0 radical (unpaired) electrons. The fraction of sp³-hybridized carbons (Fsp3) is 0.500. The van der Waals surface area contributed by atoms with E-state index in [4.69, 9.17) is 0 Å². The zero-order valence-corrected chi connectivity index (χ0v) is 20.1. The minimum Gasteiger partial charge on any atom is -0.480 e. The number of likely N-dealkylation sites (tertiary alicyclic amines) is 1. The first-order valence-corrected chi connectivity index (χ1v) is 13.1. The molecule has 3 heterocycles. The predicted molar refractivity (Wildman–Crippen MR) is 123 cm³/mol. The number of imide groups is 1. The molecular formula is C24H23FN2O5S2. The number of H-pyrrole nitrogens is 1. The van der Waals surface area contributed by atoms with E-state index >= 15 is 0 Å². The van der Waals surface area contributed by atoms with E-state index in [2.05, 4.69) is 4.98 Å². The smallest absolute Gasteiger partial charge is 0.327 e.